The summed E-state index contributed by atoms with van der Waals surface area (Å²) in [5.74, 6) is 0.974. The first-order valence-electron chi connectivity index (χ1n) is 5.52. The Labute approximate surface area is 119 Å². The molecule has 2 aromatic rings. The van der Waals surface area contributed by atoms with Crippen molar-refractivity contribution < 1.29 is 4.74 Å². The number of hydrogen-bond donors (Lipinski definition) is 1. The van der Waals surface area contributed by atoms with Gasteiger partial charge in [-0.3, -0.25) is 0 Å². The summed E-state index contributed by atoms with van der Waals surface area (Å²) < 4.78 is 5.80. The fraction of sp³-hybridized carbons (Fsp3) is 0.154. The predicted molar refractivity (Wildman–Crippen MR) is 74.8 cm³/mol. The Morgan fingerprint density at radius 1 is 1.37 bits per heavy atom. The number of nitrogens with zero attached hydrogens (tertiary/aromatic N) is 3. The van der Waals surface area contributed by atoms with E-state index in [0.29, 0.717) is 28.4 Å². The van der Waals surface area contributed by atoms with Crippen molar-refractivity contribution in [1.29, 1.82) is 5.26 Å². The smallest absolute Gasteiger partial charge is 0.232 e. The van der Waals surface area contributed by atoms with E-state index in [-0.39, 0.29) is 0 Å². The van der Waals surface area contributed by atoms with Gasteiger partial charge in [-0.05, 0) is 33.6 Å². The van der Waals surface area contributed by atoms with Crippen LogP contribution in [0, 0.1) is 11.3 Å². The minimum absolute atomic E-state index is 0.484. The van der Waals surface area contributed by atoms with Crippen molar-refractivity contribution in [3.8, 4) is 11.9 Å². The first-order chi connectivity index (χ1) is 9.22. The van der Waals surface area contributed by atoms with Gasteiger partial charge in [0.05, 0.1) is 29.4 Å². The van der Waals surface area contributed by atoms with Gasteiger partial charge in [-0.15, -0.1) is 0 Å². The van der Waals surface area contributed by atoms with Gasteiger partial charge in [0, 0.05) is 6.54 Å². The van der Waals surface area contributed by atoms with E-state index in [1.54, 1.807) is 25.4 Å². The fourth-order valence-corrected chi connectivity index (χ4v) is 1.81. The number of aromatic nitrogens is 2. The van der Waals surface area contributed by atoms with E-state index in [0.717, 1.165) is 5.56 Å². The maximum Gasteiger partial charge on any atom is 0.232 e. The Bertz CT molecular complexity index is 607. The summed E-state index contributed by atoms with van der Waals surface area (Å²) in [4.78, 5) is 8.33. The van der Waals surface area contributed by atoms with Crippen LogP contribution in [0.15, 0.2) is 34.9 Å². The molecule has 5 nitrogen and oxygen atoms in total. The number of methoxy groups -OCH3 is 1. The maximum atomic E-state index is 8.72. The van der Waals surface area contributed by atoms with Crippen LogP contribution >= 0.6 is 15.9 Å². The lowest BCUT2D eigenvalue weighted by atomic mass is 10.1. The molecule has 0 fully saturated rings. The van der Waals surface area contributed by atoms with Gasteiger partial charge < -0.3 is 10.1 Å². The predicted octanol–water partition coefficient (Wildman–Crippen LogP) is 2.73. The van der Waals surface area contributed by atoms with Crippen LogP contribution in [0.4, 0.5) is 5.95 Å². The van der Waals surface area contributed by atoms with Crippen molar-refractivity contribution in [2.45, 2.75) is 6.54 Å². The Kier molecular flexibility index (Phi) is 4.31. The number of nitriles is 1. The lowest BCUT2D eigenvalue weighted by Gasteiger charge is -2.07. The molecule has 0 atom stereocenters. The van der Waals surface area contributed by atoms with Crippen LogP contribution in [0.5, 0.6) is 5.88 Å². The Morgan fingerprint density at radius 2 is 2.11 bits per heavy atom. The zero-order valence-corrected chi connectivity index (χ0v) is 11.8. The number of ether oxygens (including phenoxy) is 1. The lowest BCUT2D eigenvalue weighted by molar-refractivity contribution is 0.394. The molecular formula is C13H11BrN4O. The molecule has 2 rings (SSSR count). The molecule has 1 heterocycles. The molecule has 96 valence electrons. The monoisotopic (exact) mass is 318 g/mol. The second kappa shape index (κ2) is 6.16. The van der Waals surface area contributed by atoms with Crippen molar-refractivity contribution in [3.63, 3.8) is 0 Å². The maximum absolute atomic E-state index is 8.72. The molecule has 0 unspecified atom stereocenters. The molecule has 1 N–H and O–H groups in total. The number of nitrogens with one attached hydrogen (secondary N) is 1. The third-order valence-electron chi connectivity index (χ3n) is 2.44. The van der Waals surface area contributed by atoms with E-state index in [1.807, 2.05) is 12.1 Å². The highest BCUT2D eigenvalue weighted by Gasteiger charge is 2.04. The highest BCUT2D eigenvalue weighted by Crippen LogP contribution is 2.21. The Balaban J connectivity index is 2.03. The molecule has 19 heavy (non-hydrogen) atoms. The van der Waals surface area contributed by atoms with Crippen molar-refractivity contribution in [1.82, 2.24) is 9.97 Å². The van der Waals surface area contributed by atoms with E-state index < -0.39 is 0 Å². The molecule has 6 heteroatoms. The molecule has 0 spiro atoms. The van der Waals surface area contributed by atoms with Gasteiger partial charge in [-0.2, -0.15) is 10.2 Å². The highest BCUT2D eigenvalue weighted by atomic mass is 79.9. The van der Waals surface area contributed by atoms with Crippen molar-refractivity contribution in [2.75, 3.05) is 12.4 Å². The molecule has 0 aliphatic rings. The minimum Gasteiger partial charge on any atom is -0.480 e. The van der Waals surface area contributed by atoms with Crippen LogP contribution in [0.25, 0.3) is 0 Å². The number of anilines is 1. The van der Waals surface area contributed by atoms with Gasteiger partial charge >= 0.3 is 0 Å². The van der Waals surface area contributed by atoms with Crippen molar-refractivity contribution in [2.24, 2.45) is 0 Å². The summed E-state index contributed by atoms with van der Waals surface area (Å²) in [6.45, 7) is 0.580. The summed E-state index contributed by atoms with van der Waals surface area (Å²) >= 11 is 3.29. The number of halogens is 1. The first-order valence-corrected chi connectivity index (χ1v) is 6.31. The Morgan fingerprint density at radius 3 is 2.74 bits per heavy atom. The minimum atomic E-state index is 0.484. The largest absolute Gasteiger partial charge is 0.480 e. The van der Waals surface area contributed by atoms with Crippen LogP contribution < -0.4 is 10.1 Å². The second-order valence-electron chi connectivity index (χ2n) is 3.71. The summed E-state index contributed by atoms with van der Waals surface area (Å²) in [7, 11) is 1.55. The number of rotatable bonds is 4. The summed E-state index contributed by atoms with van der Waals surface area (Å²) in [5.41, 5.74) is 1.69. The summed E-state index contributed by atoms with van der Waals surface area (Å²) in [6, 6.07) is 9.42. The lowest BCUT2D eigenvalue weighted by Crippen LogP contribution is -2.04. The van der Waals surface area contributed by atoms with Crippen LogP contribution in [0.1, 0.15) is 11.1 Å². The molecule has 0 aliphatic carbocycles. The van der Waals surface area contributed by atoms with Gasteiger partial charge in [0.15, 0.2) is 0 Å². The number of hydrogen-bond acceptors (Lipinski definition) is 5. The van der Waals surface area contributed by atoms with E-state index in [2.05, 4.69) is 37.3 Å². The van der Waals surface area contributed by atoms with Gasteiger partial charge in [-0.1, -0.05) is 12.1 Å². The van der Waals surface area contributed by atoms with E-state index >= 15 is 0 Å². The molecule has 1 aromatic heterocycles. The average molecular weight is 319 g/mol. The van der Waals surface area contributed by atoms with Gasteiger partial charge in [0.1, 0.15) is 0 Å². The topological polar surface area (TPSA) is 70.8 Å². The average Bonchev–Trinajstić information content (AvgIpc) is 2.47. The normalized spacial score (nSPS) is 9.74. The molecule has 0 radical (unpaired) electrons. The third kappa shape index (κ3) is 3.42. The quantitative estimate of drug-likeness (QED) is 0.938. The second-order valence-corrected chi connectivity index (χ2v) is 4.57. The van der Waals surface area contributed by atoms with Crippen LogP contribution in [-0.4, -0.2) is 17.1 Å². The molecular weight excluding hydrogens is 308 g/mol. The van der Waals surface area contributed by atoms with E-state index in [4.69, 9.17) is 10.00 Å². The van der Waals surface area contributed by atoms with Crippen LogP contribution in [-0.2, 0) is 6.54 Å². The van der Waals surface area contributed by atoms with Gasteiger partial charge in [0.25, 0.3) is 0 Å². The summed E-state index contributed by atoms with van der Waals surface area (Å²) in [6.07, 6.45) is 1.63. The highest BCUT2D eigenvalue weighted by molar-refractivity contribution is 9.10. The third-order valence-corrected chi connectivity index (χ3v) is 2.98. The molecule has 1 aromatic carbocycles. The molecule has 0 bridgehead atoms. The molecule has 0 saturated heterocycles. The van der Waals surface area contributed by atoms with Crippen molar-refractivity contribution in [3.05, 3.63) is 46.1 Å². The molecule has 0 aliphatic heterocycles. The van der Waals surface area contributed by atoms with Crippen molar-refractivity contribution >= 4 is 21.9 Å². The zero-order valence-electron chi connectivity index (χ0n) is 10.2. The number of benzene rings is 1. The van der Waals surface area contributed by atoms with Crippen LogP contribution in [0.3, 0.4) is 0 Å². The SMILES string of the molecule is COc1nc(NCc2ccc(C#N)cc2)ncc1Br. The summed E-state index contributed by atoms with van der Waals surface area (Å²) in [5, 5.41) is 11.8. The fourth-order valence-electron chi connectivity index (χ4n) is 1.46. The molecule has 0 amide bonds. The van der Waals surface area contributed by atoms with Gasteiger partial charge in [0.2, 0.25) is 11.8 Å². The standard InChI is InChI=1S/C13H11BrN4O/c1-19-12-11(14)8-17-13(18-12)16-7-10-4-2-9(6-15)3-5-10/h2-5,8H,7H2,1H3,(H,16,17,18). The Hall–Kier alpha value is -2.13. The molecule has 0 saturated carbocycles. The first kappa shape index (κ1) is 13.3. The zero-order chi connectivity index (χ0) is 13.7. The van der Waals surface area contributed by atoms with E-state index in [1.165, 1.54) is 0 Å². The van der Waals surface area contributed by atoms with E-state index in [9.17, 15) is 0 Å². The van der Waals surface area contributed by atoms with Gasteiger partial charge in [-0.25, -0.2) is 4.98 Å². The van der Waals surface area contributed by atoms with Crippen LogP contribution in [0.2, 0.25) is 0 Å².